The van der Waals surface area contributed by atoms with Crippen molar-refractivity contribution in [1.82, 2.24) is 15.1 Å². The number of likely N-dealkylation sites (tertiary alicyclic amines) is 1. The van der Waals surface area contributed by atoms with E-state index in [0.717, 1.165) is 5.56 Å². The molecule has 5 nitrogen and oxygen atoms in total. The molecule has 0 spiro atoms. The van der Waals surface area contributed by atoms with Gasteiger partial charge < -0.3 is 0 Å². The third-order valence-electron chi connectivity index (χ3n) is 2.71. The Kier molecular flexibility index (Phi) is 2.53. The highest BCUT2D eigenvalue weighted by atomic mass is 16.2. The van der Waals surface area contributed by atoms with Crippen LogP contribution in [0, 0.1) is 0 Å². The van der Waals surface area contributed by atoms with Crippen LogP contribution in [0.25, 0.3) is 0 Å². The molecule has 2 amide bonds. The van der Waals surface area contributed by atoms with Gasteiger partial charge in [0.2, 0.25) is 11.8 Å². The largest absolute Gasteiger partial charge is 0.285 e. The Morgan fingerprint density at radius 3 is 2.60 bits per heavy atom. The van der Waals surface area contributed by atoms with Gasteiger partial charge in [-0.2, -0.15) is 5.10 Å². The number of piperidine rings is 1. The Morgan fingerprint density at radius 1 is 1.40 bits per heavy atom. The fourth-order valence-electron chi connectivity index (χ4n) is 1.84. The highest BCUT2D eigenvalue weighted by Crippen LogP contribution is 2.24. The lowest BCUT2D eigenvalue weighted by molar-refractivity contribution is -0.150. The fourth-order valence-corrected chi connectivity index (χ4v) is 1.84. The predicted molar refractivity (Wildman–Crippen MR) is 52.7 cm³/mol. The molecule has 1 aliphatic heterocycles. The molecule has 1 aromatic rings. The van der Waals surface area contributed by atoms with E-state index in [1.54, 1.807) is 12.4 Å². The molecular formula is C10H13N3O2. The van der Waals surface area contributed by atoms with Crippen molar-refractivity contribution < 1.29 is 9.59 Å². The van der Waals surface area contributed by atoms with Crippen LogP contribution < -0.4 is 0 Å². The van der Waals surface area contributed by atoms with Crippen molar-refractivity contribution in [3.05, 3.63) is 18.0 Å². The van der Waals surface area contributed by atoms with Gasteiger partial charge in [0.15, 0.2) is 0 Å². The number of carbonyl (C=O) groups excluding carboxylic acids is 2. The van der Waals surface area contributed by atoms with Crippen LogP contribution in [0.1, 0.15) is 37.8 Å². The van der Waals surface area contributed by atoms with Gasteiger partial charge in [0, 0.05) is 24.6 Å². The van der Waals surface area contributed by atoms with Crippen LogP contribution in [0.2, 0.25) is 0 Å². The predicted octanol–water partition coefficient (Wildman–Crippen LogP) is 1.01. The number of amides is 2. The third-order valence-corrected chi connectivity index (χ3v) is 2.71. The van der Waals surface area contributed by atoms with Crippen molar-refractivity contribution in [2.24, 2.45) is 0 Å². The molecule has 0 aromatic carbocycles. The summed E-state index contributed by atoms with van der Waals surface area (Å²) in [4.78, 5) is 24.6. The standard InChI is InChI=1S/C10H13N3O2/c1-7(8-5-11-12-6-8)13-9(14)3-2-4-10(13)15/h5-7H,2-4H2,1H3,(H,11,12). The molecule has 80 valence electrons. The molecule has 15 heavy (non-hydrogen) atoms. The van der Waals surface area contributed by atoms with Crippen molar-refractivity contribution in [1.29, 1.82) is 0 Å². The van der Waals surface area contributed by atoms with Gasteiger partial charge in [-0.3, -0.25) is 19.6 Å². The van der Waals surface area contributed by atoms with Crippen LogP contribution in [-0.4, -0.2) is 26.9 Å². The maximum Gasteiger partial charge on any atom is 0.229 e. The van der Waals surface area contributed by atoms with Crippen LogP contribution in [-0.2, 0) is 9.59 Å². The zero-order valence-corrected chi connectivity index (χ0v) is 8.56. The summed E-state index contributed by atoms with van der Waals surface area (Å²) in [5.74, 6) is -0.167. The van der Waals surface area contributed by atoms with E-state index in [9.17, 15) is 9.59 Å². The molecule has 1 fully saturated rings. The molecule has 1 aromatic heterocycles. The number of H-pyrrole nitrogens is 1. The van der Waals surface area contributed by atoms with Gasteiger partial charge in [0.1, 0.15) is 0 Å². The van der Waals surface area contributed by atoms with E-state index in [-0.39, 0.29) is 17.9 Å². The number of hydrogen-bond donors (Lipinski definition) is 1. The minimum atomic E-state index is -0.218. The lowest BCUT2D eigenvalue weighted by atomic mass is 10.0. The topological polar surface area (TPSA) is 66.1 Å². The van der Waals surface area contributed by atoms with Gasteiger partial charge in [-0.15, -0.1) is 0 Å². The molecule has 1 aliphatic rings. The Hall–Kier alpha value is -1.65. The maximum atomic E-state index is 11.6. The average molecular weight is 207 g/mol. The molecule has 0 saturated carbocycles. The summed E-state index contributed by atoms with van der Waals surface area (Å²) in [5.41, 5.74) is 0.860. The molecule has 1 unspecified atom stereocenters. The first kappa shape index (κ1) is 9.89. The van der Waals surface area contributed by atoms with E-state index in [2.05, 4.69) is 10.2 Å². The third kappa shape index (κ3) is 1.77. The first-order valence-corrected chi connectivity index (χ1v) is 5.03. The van der Waals surface area contributed by atoms with Crippen molar-refractivity contribution in [2.45, 2.75) is 32.2 Å². The smallest absolute Gasteiger partial charge is 0.229 e. The number of hydrogen-bond acceptors (Lipinski definition) is 3. The molecule has 1 N–H and O–H groups in total. The van der Waals surface area contributed by atoms with Crippen molar-refractivity contribution in [3.8, 4) is 0 Å². The van der Waals surface area contributed by atoms with E-state index >= 15 is 0 Å². The summed E-state index contributed by atoms with van der Waals surface area (Å²) in [5, 5.41) is 6.49. The van der Waals surface area contributed by atoms with Gasteiger partial charge in [0.25, 0.3) is 0 Å². The number of nitrogens with one attached hydrogen (secondary N) is 1. The zero-order chi connectivity index (χ0) is 10.8. The lowest BCUT2D eigenvalue weighted by Gasteiger charge is -2.29. The van der Waals surface area contributed by atoms with Crippen LogP contribution >= 0.6 is 0 Å². The van der Waals surface area contributed by atoms with Gasteiger partial charge in [-0.05, 0) is 13.3 Å². The number of aromatic nitrogens is 2. The average Bonchev–Trinajstić information content (AvgIpc) is 2.69. The van der Waals surface area contributed by atoms with E-state index in [0.29, 0.717) is 19.3 Å². The first-order chi connectivity index (χ1) is 7.20. The summed E-state index contributed by atoms with van der Waals surface area (Å²) in [7, 11) is 0. The second kappa shape index (κ2) is 3.84. The fraction of sp³-hybridized carbons (Fsp3) is 0.500. The van der Waals surface area contributed by atoms with Gasteiger partial charge in [-0.1, -0.05) is 0 Å². The molecular weight excluding hydrogens is 194 g/mol. The quantitative estimate of drug-likeness (QED) is 0.736. The second-order valence-corrected chi connectivity index (χ2v) is 3.72. The minimum Gasteiger partial charge on any atom is -0.285 e. The van der Waals surface area contributed by atoms with E-state index in [4.69, 9.17) is 0 Å². The summed E-state index contributed by atoms with van der Waals surface area (Å²) in [6, 6.07) is -0.218. The number of imide groups is 1. The minimum absolute atomic E-state index is 0.0834. The summed E-state index contributed by atoms with van der Waals surface area (Å²) >= 11 is 0. The zero-order valence-electron chi connectivity index (χ0n) is 8.56. The normalized spacial score (nSPS) is 19.4. The Bertz CT molecular complexity index is 356. The molecule has 5 heteroatoms. The molecule has 2 heterocycles. The number of rotatable bonds is 2. The van der Waals surface area contributed by atoms with Gasteiger partial charge in [0.05, 0.1) is 12.2 Å². The van der Waals surface area contributed by atoms with Gasteiger partial charge in [-0.25, -0.2) is 0 Å². The Morgan fingerprint density at radius 2 is 2.07 bits per heavy atom. The Labute approximate surface area is 87.5 Å². The Balaban J connectivity index is 2.21. The second-order valence-electron chi connectivity index (χ2n) is 3.72. The van der Waals surface area contributed by atoms with Crippen LogP contribution in [0.5, 0.6) is 0 Å². The summed E-state index contributed by atoms with van der Waals surface area (Å²) in [6.07, 6.45) is 4.95. The molecule has 2 rings (SSSR count). The van der Waals surface area contributed by atoms with Crippen molar-refractivity contribution in [2.75, 3.05) is 0 Å². The molecule has 0 bridgehead atoms. The number of nitrogens with zero attached hydrogens (tertiary/aromatic N) is 2. The SMILES string of the molecule is CC(c1cn[nH]c1)N1C(=O)CCCC1=O. The highest BCUT2D eigenvalue weighted by Gasteiger charge is 2.31. The molecule has 1 atom stereocenters. The summed E-state index contributed by atoms with van der Waals surface area (Å²) in [6.45, 7) is 1.84. The lowest BCUT2D eigenvalue weighted by Crippen LogP contribution is -2.41. The van der Waals surface area contributed by atoms with E-state index in [1.165, 1.54) is 4.90 Å². The number of aromatic amines is 1. The summed E-state index contributed by atoms with van der Waals surface area (Å²) < 4.78 is 0. The first-order valence-electron chi connectivity index (χ1n) is 5.03. The van der Waals surface area contributed by atoms with E-state index < -0.39 is 0 Å². The van der Waals surface area contributed by atoms with Crippen molar-refractivity contribution >= 4 is 11.8 Å². The molecule has 1 saturated heterocycles. The van der Waals surface area contributed by atoms with Gasteiger partial charge >= 0.3 is 0 Å². The van der Waals surface area contributed by atoms with Crippen molar-refractivity contribution in [3.63, 3.8) is 0 Å². The monoisotopic (exact) mass is 207 g/mol. The maximum absolute atomic E-state index is 11.6. The highest BCUT2D eigenvalue weighted by molar-refractivity contribution is 5.97. The van der Waals surface area contributed by atoms with Crippen LogP contribution in [0.15, 0.2) is 12.4 Å². The molecule has 0 aliphatic carbocycles. The number of carbonyl (C=O) groups is 2. The molecule has 0 radical (unpaired) electrons. The van der Waals surface area contributed by atoms with Crippen LogP contribution in [0.3, 0.4) is 0 Å². The van der Waals surface area contributed by atoms with Crippen LogP contribution in [0.4, 0.5) is 0 Å². The van der Waals surface area contributed by atoms with E-state index in [1.807, 2.05) is 6.92 Å².